The van der Waals surface area contributed by atoms with Gasteiger partial charge in [-0.05, 0) is 35.8 Å². The predicted octanol–water partition coefficient (Wildman–Crippen LogP) is 5.06. The van der Waals surface area contributed by atoms with Crippen molar-refractivity contribution in [2.75, 3.05) is 5.32 Å². The first-order valence-electron chi connectivity index (χ1n) is 8.36. The summed E-state index contributed by atoms with van der Waals surface area (Å²) in [5, 5.41) is 11.7. The number of aromatic nitrogens is 1. The molecule has 27 heavy (non-hydrogen) atoms. The Morgan fingerprint density at radius 2 is 2.00 bits per heavy atom. The number of nitrogens with zero attached hydrogens (tertiary/aromatic N) is 1. The van der Waals surface area contributed by atoms with Crippen molar-refractivity contribution >= 4 is 48.3 Å². The van der Waals surface area contributed by atoms with Crippen molar-refractivity contribution in [1.29, 1.82) is 0 Å². The molecule has 0 bridgehead atoms. The van der Waals surface area contributed by atoms with Crippen LogP contribution in [0.15, 0.2) is 24.3 Å². The van der Waals surface area contributed by atoms with Gasteiger partial charge in [-0.3, -0.25) is 4.79 Å². The van der Waals surface area contributed by atoms with Crippen LogP contribution in [0, 0.1) is 0 Å². The Hall–Kier alpha value is -1.90. The predicted molar refractivity (Wildman–Crippen MR) is 111 cm³/mol. The summed E-state index contributed by atoms with van der Waals surface area (Å²) in [4.78, 5) is 27.0. The van der Waals surface area contributed by atoms with Crippen LogP contribution in [0.3, 0.4) is 0 Å². The summed E-state index contributed by atoms with van der Waals surface area (Å²) in [6, 6.07) is 7.45. The van der Waals surface area contributed by atoms with Gasteiger partial charge in [0.2, 0.25) is 14.2 Å². The molecule has 6 nitrogen and oxygen atoms in total. The molecule has 1 aromatic heterocycles. The van der Waals surface area contributed by atoms with Crippen molar-refractivity contribution in [3.8, 4) is 5.75 Å². The maximum atomic E-state index is 12.3. The molecule has 0 atom stereocenters. The van der Waals surface area contributed by atoms with E-state index in [4.69, 9.17) is 21.1 Å². The topological polar surface area (TPSA) is 88.5 Å². The average Bonchev–Trinajstić information content (AvgIpc) is 2.86. The third kappa shape index (κ3) is 5.54. The number of anilines is 1. The zero-order valence-electron chi connectivity index (χ0n) is 15.9. The molecule has 2 aromatic rings. The summed E-state index contributed by atoms with van der Waals surface area (Å²) in [7, 11) is -1.96. The van der Waals surface area contributed by atoms with Crippen molar-refractivity contribution in [1.82, 2.24) is 4.98 Å². The molecule has 1 heterocycles. The van der Waals surface area contributed by atoms with Crippen molar-refractivity contribution in [2.45, 2.75) is 45.3 Å². The second-order valence-electron chi connectivity index (χ2n) is 7.68. The molecule has 1 aromatic carbocycles. The molecular formula is C18H23ClN2O4SSi. The number of carboxylic acid groups (broad SMARTS) is 1. The fraction of sp³-hybridized carbons (Fsp3) is 0.389. The summed E-state index contributed by atoms with van der Waals surface area (Å²) in [5.41, 5.74) is 0.796. The number of halogens is 1. The number of hydrogen-bond acceptors (Lipinski definition) is 5. The van der Waals surface area contributed by atoms with Crippen molar-refractivity contribution in [3.05, 3.63) is 39.9 Å². The molecule has 0 fully saturated rings. The highest BCUT2D eigenvalue weighted by atomic mass is 35.5. The lowest BCUT2D eigenvalue weighted by atomic mass is 10.1. The standard InChI is InChI=1S/C18H23ClN2O4SSi/c1-18(2,3)27(4,5)25-12-8-6-7-11(9-12)10-13(22)20-17-21-15(19)14(26-17)16(23)24/h6-9H,10H2,1-5H3,(H,23,24)(H,20,21,22). The van der Waals surface area contributed by atoms with Gasteiger partial charge in [0.05, 0.1) is 6.42 Å². The quantitative estimate of drug-likeness (QED) is 0.630. The van der Waals surface area contributed by atoms with Crippen LogP contribution in [-0.4, -0.2) is 30.3 Å². The van der Waals surface area contributed by atoms with Crippen LogP contribution < -0.4 is 9.74 Å². The van der Waals surface area contributed by atoms with Gasteiger partial charge in [0, 0.05) is 0 Å². The Labute approximate surface area is 168 Å². The lowest BCUT2D eigenvalue weighted by Gasteiger charge is -2.36. The number of rotatable bonds is 6. The number of carboxylic acids is 1. The third-order valence-corrected chi connectivity index (χ3v) is 10.2. The first kappa shape index (κ1) is 21.4. The molecule has 0 radical (unpaired) electrons. The van der Waals surface area contributed by atoms with Gasteiger partial charge < -0.3 is 14.8 Å². The molecule has 0 unspecified atom stereocenters. The van der Waals surface area contributed by atoms with Crippen LogP contribution in [0.5, 0.6) is 5.75 Å². The van der Waals surface area contributed by atoms with Gasteiger partial charge in [0.15, 0.2) is 15.2 Å². The number of thiazole rings is 1. The van der Waals surface area contributed by atoms with Gasteiger partial charge in [-0.25, -0.2) is 9.78 Å². The number of carbonyl (C=O) groups is 2. The lowest BCUT2D eigenvalue weighted by Crippen LogP contribution is -2.43. The van der Waals surface area contributed by atoms with Crippen LogP contribution >= 0.6 is 22.9 Å². The minimum absolute atomic E-state index is 0.0757. The first-order valence-corrected chi connectivity index (χ1v) is 12.5. The Kier molecular flexibility index (Phi) is 6.34. The van der Waals surface area contributed by atoms with Crippen LogP contribution in [-0.2, 0) is 11.2 Å². The van der Waals surface area contributed by atoms with Crippen molar-refractivity contribution in [2.24, 2.45) is 0 Å². The molecule has 9 heteroatoms. The number of aromatic carboxylic acids is 1. The van der Waals surface area contributed by atoms with E-state index in [0.29, 0.717) is 0 Å². The van der Waals surface area contributed by atoms with Crippen molar-refractivity contribution < 1.29 is 19.1 Å². The van der Waals surface area contributed by atoms with Crippen molar-refractivity contribution in [3.63, 3.8) is 0 Å². The summed E-state index contributed by atoms with van der Waals surface area (Å²) < 4.78 is 6.27. The van der Waals surface area contributed by atoms with E-state index < -0.39 is 14.3 Å². The SMILES string of the molecule is CC(C)(C)[Si](C)(C)Oc1cccc(CC(=O)Nc2nc(Cl)c(C(=O)O)s2)c1. The van der Waals surface area contributed by atoms with E-state index in [1.54, 1.807) is 0 Å². The Bertz CT molecular complexity index is 861. The van der Waals surface area contributed by atoms with E-state index in [2.05, 4.69) is 44.2 Å². The Balaban J connectivity index is 2.06. The molecule has 1 amide bonds. The summed E-state index contributed by atoms with van der Waals surface area (Å²) >= 11 is 6.58. The van der Waals surface area contributed by atoms with Crippen LogP contribution in [0.4, 0.5) is 5.13 Å². The van der Waals surface area contributed by atoms with E-state index in [-0.39, 0.29) is 32.5 Å². The number of nitrogens with one attached hydrogen (secondary N) is 1. The largest absolute Gasteiger partial charge is 0.543 e. The van der Waals surface area contributed by atoms with Gasteiger partial charge in [0.25, 0.3) is 0 Å². The fourth-order valence-corrected chi connectivity index (χ4v) is 4.07. The van der Waals surface area contributed by atoms with Gasteiger partial charge in [-0.15, -0.1) is 0 Å². The van der Waals surface area contributed by atoms with E-state index in [9.17, 15) is 9.59 Å². The third-order valence-electron chi connectivity index (χ3n) is 4.47. The highest BCUT2D eigenvalue weighted by Crippen LogP contribution is 2.37. The van der Waals surface area contributed by atoms with Gasteiger partial charge in [-0.2, -0.15) is 0 Å². The smallest absolute Gasteiger partial charge is 0.349 e. The molecule has 2 rings (SSSR count). The van der Waals surface area contributed by atoms with Gasteiger partial charge >= 0.3 is 5.97 Å². The molecular weight excluding hydrogens is 404 g/mol. The number of benzene rings is 1. The Morgan fingerprint density at radius 1 is 1.33 bits per heavy atom. The molecule has 0 aliphatic rings. The molecule has 0 spiro atoms. The highest BCUT2D eigenvalue weighted by Gasteiger charge is 2.38. The number of amides is 1. The number of hydrogen-bond donors (Lipinski definition) is 2. The lowest BCUT2D eigenvalue weighted by molar-refractivity contribution is -0.115. The maximum Gasteiger partial charge on any atom is 0.349 e. The Morgan fingerprint density at radius 3 is 2.56 bits per heavy atom. The molecule has 0 saturated carbocycles. The second-order valence-corrected chi connectivity index (χ2v) is 13.8. The van der Waals surface area contributed by atoms with Gasteiger partial charge in [-0.1, -0.05) is 55.8 Å². The average molecular weight is 427 g/mol. The molecule has 0 aliphatic carbocycles. The molecule has 0 saturated heterocycles. The zero-order valence-corrected chi connectivity index (χ0v) is 18.5. The molecule has 2 N–H and O–H groups in total. The summed E-state index contributed by atoms with van der Waals surface area (Å²) in [6.45, 7) is 10.8. The van der Waals surface area contributed by atoms with Gasteiger partial charge in [0.1, 0.15) is 5.75 Å². The normalized spacial score (nSPS) is 11.9. The van der Waals surface area contributed by atoms with Crippen LogP contribution in [0.2, 0.25) is 23.3 Å². The molecule has 146 valence electrons. The monoisotopic (exact) mass is 426 g/mol. The second kappa shape index (κ2) is 8.00. The van der Waals surface area contributed by atoms with E-state index in [1.807, 2.05) is 24.3 Å². The van der Waals surface area contributed by atoms with Crippen LogP contribution in [0.1, 0.15) is 36.0 Å². The highest BCUT2D eigenvalue weighted by molar-refractivity contribution is 7.18. The molecule has 0 aliphatic heterocycles. The summed E-state index contributed by atoms with van der Waals surface area (Å²) in [5.74, 6) is -0.729. The maximum absolute atomic E-state index is 12.3. The summed E-state index contributed by atoms with van der Waals surface area (Å²) in [6.07, 6.45) is 0.119. The number of carbonyl (C=O) groups excluding carboxylic acids is 1. The zero-order chi connectivity index (χ0) is 20.4. The first-order chi connectivity index (χ1) is 12.4. The van der Waals surface area contributed by atoms with E-state index >= 15 is 0 Å². The minimum atomic E-state index is -1.96. The minimum Gasteiger partial charge on any atom is -0.543 e. The van der Waals surface area contributed by atoms with Crippen LogP contribution in [0.25, 0.3) is 0 Å². The van der Waals surface area contributed by atoms with E-state index in [0.717, 1.165) is 22.6 Å². The van der Waals surface area contributed by atoms with E-state index in [1.165, 1.54) is 0 Å². The fourth-order valence-electron chi connectivity index (χ4n) is 2.00.